The van der Waals surface area contributed by atoms with Crippen molar-refractivity contribution in [1.82, 2.24) is 0 Å². The van der Waals surface area contributed by atoms with Crippen LogP contribution in [0.25, 0.3) is 99.5 Å². The fourth-order valence-corrected chi connectivity index (χ4v) is 9.06. The third-order valence-electron chi connectivity index (χ3n) is 12.3. The average Bonchev–Trinajstić information content (AvgIpc) is 3.94. The number of hydrogen-bond donors (Lipinski definition) is 0. The van der Waals surface area contributed by atoms with Gasteiger partial charge in [-0.15, -0.1) is 0 Å². The van der Waals surface area contributed by atoms with Gasteiger partial charge in [0.05, 0.1) is 0 Å². The van der Waals surface area contributed by atoms with Gasteiger partial charge in [0, 0.05) is 44.2 Å². The summed E-state index contributed by atoms with van der Waals surface area (Å²) in [6.07, 6.45) is 0. The molecule has 0 amide bonds. The molecule has 0 radical (unpaired) electrons. The minimum atomic E-state index is 0.899. The minimum Gasteiger partial charge on any atom is -0.456 e. The Labute approximate surface area is 365 Å². The van der Waals surface area contributed by atoms with E-state index in [1.165, 1.54) is 27.8 Å². The molecule has 3 heteroatoms. The molecule has 296 valence electrons. The summed E-state index contributed by atoms with van der Waals surface area (Å²) in [6, 6.07) is 84.1. The van der Waals surface area contributed by atoms with Crippen LogP contribution in [0.1, 0.15) is 0 Å². The molecule has 2 heterocycles. The molecule has 0 bridgehead atoms. The second-order valence-electron chi connectivity index (χ2n) is 16.1. The molecule has 63 heavy (non-hydrogen) atoms. The number of benzene rings is 10. The lowest BCUT2D eigenvalue weighted by atomic mass is 9.98. The summed E-state index contributed by atoms with van der Waals surface area (Å²) in [7, 11) is 0. The summed E-state index contributed by atoms with van der Waals surface area (Å²) in [6.45, 7) is 0. The SMILES string of the molecule is c1ccc(-c2ccc(-c3ccc(-c4ccc(N(c5ccc(-c6ccc7oc8ccccc8c7c6)cc5)c5ccc(-c6cccc7c6oc6ccccc67)cc5)cc4)cc3)cc2)cc1. The Morgan fingerprint density at radius 3 is 1.17 bits per heavy atom. The maximum Gasteiger partial charge on any atom is 0.143 e. The third-order valence-corrected chi connectivity index (χ3v) is 12.3. The van der Waals surface area contributed by atoms with Crippen LogP contribution in [-0.4, -0.2) is 0 Å². The summed E-state index contributed by atoms with van der Waals surface area (Å²) in [5.74, 6) is 0. The second-order valence-corrected chi connectivity index (χ2v) is 16.1. The molecule has 0 N–H and O–H groups in total. The van der Waals surface area contributed by atoms with Gasteiger partial charge < -0.3 is 13.7 Å². The van der Waals surface area contributed by atoms with Crippen LogP contribution >= 0.6 is 0 Å². The number of rotatable bonds is 8. The molecule has 0 aliphatic carbocycles. The van der Waals surface area contributed by atoms with Gasteiger partial charge in [-0.05, 0) is 111 Å². The van der Waals surface area contributed by atoms with E-state index in [9.17, 15) is 0 Å². The fourth-order valence-electron chi connectivity index (χ4n) is 9.06. The zero-order chi connectivity index (χ0) is 41.7. The number of hydrogen-bond acceptors (Lipinski definition) is 3. The molecular formula is C60H39NO2. The summed E-state index contributed by atoms with van der Waals surface area (Å²) in [5, 5.41) is 4.51. The van der Waals surface area contributed by atoms with Crippen molar-refractivity contribution in [1.29, 1.82) is 0 Å². The number of nitrogens with zero attached hydrogens (tertiary/aromatic N) is 1. The van der Waals surface area contributed by atoms with Crippen LogP contribution in [0, 0.1) is 0 Å². The van der Waals surface area contributed by atoms with Crippen molar-refractivity contribution in [2.45, 2.75) is 0 Å². The molecule has 0 saturated carbocycles. The number of furan rings is 2. The van der Waals surface area contributed by atoms with E-state index >= 15 is 0 Å². The summed E-state index contributed by atoms with van der Waals surface area (Å²) < 4.78 is 12.6. The molecule has 12 rings (SSSR count). The van der Waals surface area contributed by atoms with Crippen LogP contribution < -0.4 is 4.90 Å². The van der Waals surface area contributed by atoms with Crippen molar-refractivity contribution >= 4 is 60.9 Å². The first-order valence-corrected chi connectivity index (χ1v) is 21.4. The standard InChI is InChI=1S/C60H39NO2/c1-2-9-40(10-3-1)41-17-19-42(20-18-41)43-21-23-44(24-22-43)45-25-32-49(33-26-45)61(50-34-27-46(28-35-50)48-31-38-59-56(39-48)54-12-5-6-15-57(54)62-59)51-36-29-47(30-37-51)52-13-8-14-55-53-11-4-7-16-58(53)63-60(52)55/h1-39H. The number of anilines is 3. The van der Waals surface area contributed by atoms with E-state index in [0.717, 1.165) is 88.8 Å². The highest BCUT2D eigenvalue weighted by Crippen LogP contribution is 2.41. The van der Waals surface area contributed by atoms with E-state index in [2.05, 4.69) is 217 Å². The lowest BCUT2D eigenvalue weighted by Crippen LogP contribution is -2.09. The van der Waals surface area contributed by atoms with Crippen LogP contribution in [0.3, 0.4) is 0 Å². The predicted molar refractivity (Wildman–Crippen MR) is 263 cm³/mol. The van der Waals surface area contributed by atoms with Crippen molar-refractivity contribution in [2.24, 2.45) is 0 Å². The van der Waals surface area contributed by atoms with E-state index in [0.29, 0.717) is 0 Å². The highest BCUT2D eigenvalue weighted by molar-refractivity contribution is 6.10. The topological polar surface area (TPSA) is 29.5 Å². The van der Waals surface area contributed by atoms with Gasteiger partial charge in [-0.2, -0.15) is 0 Å². The lowest BCUT2D eigenvalue weighted by Gasteiger charge is -2.26. The molecule has 0 aliphatic heterocycles. The van der Waals surface area contributed by atoms with Gasteiger partial charge in [-0.1, -0.05) is 176 Å². The molecular weight excluding hydrogens is 767 g/mol. The van der Waals surface area contributed by atoms with E-state index in [1.54, 1.807) is 0 Å². The highest BCUT2D eigenvalue weighted by atomic mass is 16.3. The van der Waals surface area contributed by atoms with Crippen LogP contribution in [0.5, 0.6) is 0 Å². The van der Waals surface area contributed by atoms with Gasteiger partial charge in [0.25, 0.3) is 0 Å². The maximum absolute atomic E-state index is 6.42. The largest absolute Gasteiger partial charge is 0.456 e. The van der Waals surface area contributed by atoms with E-state index in [4.69, 9.17) is 8.83 Å². The van der Waals surface area contributed by atoms with Crippen molar-refractivity contribution in [3.8, 4) is 55.6 Å². The minimum absolute atomic E-state index is 0.899. The number of fused-ring (bicyclic) bond motifs is 6. The first-order chi connectivity index (χ1) is 31.2. The maximum atomic E-state index is 6.42. The summed E-state index contributed by atoms with van der Waals surface area (Å²) in [4.78, 5) is 2.33. The normalized spacial score (nSPS) is 11.5. The molecule has 12 aromatic rings. The van der Waals surface area contributed by atoms with Gasteiger partial charge in [-0.25, -0.2) is 0 Å². The van der Waals surface area contributed by atoms with Crippen LogP contribution in [0.2, 0.25) is 0 Å². The van der Waals surface area contributed by atoms with Crippen molar-refractivity contribution in [3.05, 3.63) is 237 Å². The molecule has 0 fully saturated rings. The van der Waals surface area contributed by atoms with Gasteiger partial charge in [-0.3, -0.25) is 0 Å². The Balaban J connectivity index is 0.875. The van der Waals surface area contributed by atoms with Crippen molar-refractivity contribution in [2.75, 3.05) is 4.90 Å². The summed E-state index contributed by atoms with van der Waals surface area (Å²) >= 11 is 0. The van der Waals surface area contributed by atoms with Crippen molar-refractivity contribution in [3.63, 3.8) is 0 Å². The molecule has 0 spiro atoms. The monoisotopic (exact) mass is 805 g/mol. The molecule has 0 aliphatic rings. The zero-order valence-electron chi connectivity index (χ0n) is 34.3. The molecule has 3 nitrogen and oxygen atoms in total. The Bertz CT molecular complexity index is 3560. The molecule has 0 saturated heterocycles. The highest BCUT2D eigenvalue weighted by Gasteiger charge is 2.17. The Kier molecular flexibility index (Phi) is 8.83. The molecule has 0 atom stereocenters. The third kappa shape index (κ3) is 6.64. The smallest absolute Gasteiger partial charge is 0.143 e. The van der Waals surface area contributed by atoms with Gasteiger partial charge in [0.1, 0.15) is 22.3 Å². The fraction of sp³-hybridized carbons (Fsp3) is 0. The van der Waals surface area contributed by atoms with Gasteiger partial charge >= 0.3 is 0 Å². The first-order valence-electron chi connectivity index (χ1n) is 21.4. The predicted octanol–water partition coefficient (Wildman–Crippen LogP) is 17.3. The second kappa shape index (κ2) is 15.3. The summed E-state index contributed by atoms with van der Waals surface area (Å²) in [5.41, 5.74) is 18.5. The van der Waals surface area contributed by atoms with E-state index in [-0.39, 0.29) is 0 Å². The molecule has 2 aromatic heterocycles. The quantitative estimate of drug-likeness (QED) is 0.153. The Morgan fingerprint density at radius 2 is 0.619 bits per heavy atom. The Morgan fingerprint density at radius 1 is 0.238 bits per heavy atom. The lowest BCUT2D eigenvalue weighted by molar-refractivity contribution is 0.669. The zero-order valence-corrected chi connectivity index (χ0v) is 34.3. The van der Waals surface area contributed by atoms with Crippen LogP contribution in [0.4, 0.5) is 17.1 Å². The molecule has 10 aromatic carbocycles. The first kappa shape index (κ1) is 36.5. The van der Waals surface area contributed by atoms with E-state index in [1.807, 2.05) is 24.3 Å². The Hall–Kier alpha value is -8.40. The van der Waals surface area contributed by atoms with Crippen LogP contribution in [0.15, 0.2) is 245 Å². The van der Waals surface area contributed by atoms with Crippen molar-refractivity contribution < 1.29 is 8.83 Å². The average molecular weight is 806 g/mol. The van der Waals surface area contributed by atoms with E-state index < -0.39 is 0 Å². The number of para-hydroxylation sites is 3. The van der Waals surface area contributed by atoms with Gasteiger partial charge in [0.2, 0.25) is 0 Å². The molecule has 0 unspecified atom stereocenters. The van der Waals surface area contributed by atoms with Gasteiger partial charge in [0.15, 0.2) is 0 Å². The van der Waals surface area contributed by atoms with Crippen LogP contribution in [-0.2, 0) is 0 Å².